The standard InChI is InChI=1S/C21H18Cl2N4O4/c1-30-17-4-3-11(5-18(17)31-2)15-10-24-27-16(21(29)26-20(15)27)9-19(28)25-14-7-12(22)6-13(23)8-14/h3-8,10,16H,9H2,1-2H3,(H,25,28)(H,26,29). The van der Waals surface area contributed by atoms with Crippen LogP contribution in [0, 0.1) is 0 Å². The number of methoxy groups -OCH3 is 2. The van der Waals surface area contributed by atoms with Crippen LogP contribution in [0.25, 0.3) is 11.1 Å². The number of rotatable bonds is 6. The smallest absolute Gasteiger partial charge is 0.251 e. The number of carbonyl (C=O) groups is 2. The van der Waals surface area contributed by atoms with E-state index in [9.17, 15) is 9.59 Å². The number of aromatic nitrogens is 2. The molecule has 0 saturated heterocycles. The summed E-state index contributed by atoms with van der Waals surface area (Å²) in [6.07, 6.45) is 1.54. The van der Waals surface area contributed by atoms with E-state index in [0.717, 1.165) is 5.56 Å². The van der Waals surface area contributed by atoms with Gasteiger partial charge in [-0.1, -0.05) is 29.3 Å². The quantitative estimate of drug-likeness (QED) is 0.568. The van der Waals surface area contributed by atoms with Crippen molar-refractivity contribution in [3.8, 4) is 22.6 Å². The van der Waals surface area contributed by atoms with Gasteiger partial charge in [-0.05, 0) is 35.9 Å². The van der Waals surface area contributed by atoms with Gasteiger partial charge in [0.05, 0.1) is 26.8 Å². The summed E-state index contributed by atoms with van der Waals surface area (Å²) in [5, 5.41) is 10.7. The molecule has 1 aliphatic heterocycles. The molecule has 4 rings (SSSR count). The summed E-state index contributed by atoms with van der Waals surface area (Å²) in [5.41, 5.74) is 1.95. The number of ether oxygens (including phenoxy) is 2. The zero-order valence-corrected chi connectivity index (χ0v) is 18.1. The van der Waals surface area contributed by atoms with E-state index in [4.69, 9.17) is 32.7 Å². The molecule has 1 atom stereocenters. The fraction of sp³-hybridized carbons (Fsp3) is 0.190. The molecule has 0 radical (unpaired) electrons. The molecule has 2 amide bonds. The van der Waals surface area contributed by atoms with Gasteiger partial charge in [0.15, 0.2) is 11.5 Å². The van der Waals surface area contributed by atoms with Gasteiger partial charge in [0, 0.05) is 21.3 Å². The molecule has 8 nitrogen and oxygen atoms in total. The lowest BCUT2D eigenvalue weighted by molar-refractivity contribution is -0.123. The largest absolute Gasteiger partial charge is 0.493 e. The maximum atomic E-state index is 12.6. The molecule has 0 fully saturated rings. The Morgan fingerprint density at radius 2 is 1.84 bits per heavy atom. The summed E-state index contributed by atoms with van der Waals surface area (Å²) < 4.78 is 12.1. The number of nitrogens with one attached hydrogen (secondary N) is 2. The fourth-order valence-corrected chi connectivity index (χ4v) is 3.97. The van der Waals surface area contributed by atoms with Crippen molar-refractivity contribution in [2.45, 2.75) is 12.5 Å². The third-order valence-electron chi connectivity index (χ3n) is 4.85. The second-order valence-corrected chi connectivity index (χ2v) is 7.71. The van der Waals surface area contributed by atoms with E-state index in [0.29, 0.717) is 38.6 Å². The predicted molar refractivity (Wildman–Crippen MR) is 118 cm³/mol. The number of nitrogens with zero attached hydrogens (tertiary/aromatic N) is 2. The normalized spacial score (nSPS) is 14.7. The molecule has 1 aromatic heterocycles. The zero-order chi connectivity index (χ0) is 22.1. The van der Waals surface area contributed by atoms with Crippen LogP contribution in [0.3, 0.4) is 0 Å². The molecule has 10 heteroatoms. The molecule has 2 aromatic carbocycles. The maximum Gasteiger partial charge on any atom is 0.251 e. The number of hydrogen-bond acceptors (Lipinski definition) is 5. The predicted octanol–water partition coefficient (Wildman–Crippen LogP) is 4.40. The first-order valence-electron chi connectivity index (χ1n) is 9.26. The number of fused-ring (bicyclic) bond motifs is 1. The molecule has 160 valence electrons. The van der Waals surface area contributed by atoms with Gasteiger partial charge in [0.2, 0.25) is 5.91 Å². The lowest BCUT2D eigenvalue weighted by Crippen LogP contribution is -2.23. The first kappa shape index (κ1) is 21.0. The molecule has 0 spiro atoms. The van der Waals surface area contributed by atoms with Crippen molar-refractivity contribution >= 4 is 46.5 Å². The Balaban J connectivity index is 1.56. The van der Waals surface area contributed by atoms with E-state index >= 15 is 0 Å². The summed E-state index contributed by atoms with van der Waals surface area (Å²) >= 11 is 11.9. The Morgan fingerprint density at radius 3 is 2.52 bits per heavy atom. The van der Waals surface area contributed by atoms with Crippen LogP contribution in [0.2, 0.25) is 10.0 Å². The SMILES string of the molecule is COc1ccc(-c2cnn3c2NC(=O)C3CC(=O)Nc2cc(Cl)cc(Cl)c2)cc1OC. The second kappa shape index (κ2) is 8.49. The Labute approximate surface area is 188 Å². The minimum atomic E-state index is -0.779. The molecule has 1 aliphatic rings. The van der Waals surface area contributed by atoms with E-state index in [2.05, 4.69) is 15.7 Å². The first-order chi connectivity index (χ1) is 14.9. The molecule has 2 heterocycles. The minimum absolute atomic E-state index is 0.101. The molecule has 2 N–H and O–H groups in total. The van der Waals surface area contributed by atoms with Crippen molar-refractivity contribution in [1.29, 1.82) is 0 Å². The van der Waals surface area contributed by atoms with Gasteiger partial charge in [-0.15, -0.1) is 0 Å². The van der Waals surface area contributed by atoms with Crippen molar-refractivity contribution in [3.63, 3.8) is 0 Å². The molecule has 0 saturated carbocycles. The van der Waals surface area contributed by atoms with Crippen LogP contribution in [0.1, 0.15) is 12.5 Å². The molecule has 3 aromatic rings. The topological polar surface area (TPSA) is 94.5 Å². The Morgan fingerprint density at radius 1 is 1.13 bits per heavy atom. The highest BCUT2D eigenvalue weighted by Crippen LogP contribution is 2.39. The van der Waals surface area contributed by atoms with E-state index in [-0.39, 0.29) is 18.2 Å². The van der Waals surface area contributed by atoms with Gasteiger partial charge in [-0.25, -0.2) is 4.68 Å². The second-order valence-electron chi connectivity index (χ2n) is 6.84. The third-order valence-corrected chi connectivity index (χ3v) is 5.29. The van der Waals surface area contributed by atoms with Gasteiger partial charge < -0.3 is 20.1 Å². The van der Waals surface area contributed by atoms with Gasteiger partial charge in [0.25, 0.3) is 5.91 Å². The summed E-state index contributed by atoms with van der Waals surface area (Å²) in [4.78, 5) is 25.1. The van der Waals surface area contributed by atoms with Gasteiger partial charge in [-0.3, -0.25) is 9.59 Å². The molecule has 0 aliphatic carbocycles. The molecule has 0 bridgehead atoms. The van der Waals surface area contributed by atoms with Crippen LogP contribution in [-0.2, 0) is 9.59 Å². The Hall–Kier alpha value is -3.23. The number of halogens is 2. The van der Waals surface area contributed by atoms with E-state index in [1.807, 2.05) is 6.07 Å². The van der Waals surface area contributed by atoms with Crippen LogP contribution >= 0.6 is 23.2 Å². The highest BCUT2D eigenvalue weighted by Gasteiger charge is 2.35. The maximum absolute atomic E-state index is 12.6. The number of carbonyl (C=O) groups excluding carboxylic acids is 2. The average molecular weight is 461 g/mol. The number of hydrogen-bond donors (Lipinski definition) is 2. The van der Waals surface area contributed by atoms with E-state index < -0.39 is 6.04 Å². The Bertz CT molecular complexity index is 1160. The highest BCUT2D eigenvalue weighted by molar-refractivity contribution is 6.35. The summed E-state index contributed by atoms with van der Waals surface area (Å²) in [6, 6.07) is 9.35. The van der Waals surface area contributed by atoms with Crippen molar-refractivity contribution in [1.82, 2.24) is 9.78 Å². The molecule has 1 unspecified atom stereocenters. The first-order valence-corrected chi connectivity index (χ1v) is 10.0. The van der Waals surface area contributed by atoms with Crippen LogP contribution in [0.15, 0.2) is 42.6 Å². The monoisotopic (exact) mass is 460 g/mol. The van der Waals surface area contributed by atoms with Crippen LogP contribution in [-0.4, -0.2) is 35.8 Å². The third kappa shape index (κ3) is 4.17. The minimum Gasteiger partial charge on any atom is -0.493 e. The van der Waals surface area contributed by atoms with Gasteiger partial charge in [-0.2, -0.15) is 5.10 Å². The summed E-state index contributed by atoms with van der Waals surface area (Å²) in [5.74, 6) is 0.981. The Kier molecular flexibility index (Phi) is 5.75. The van der Waals surface area contributed by atoms with Gasteiger partial charge >= 0.3 is 0 Å². The molecular formula is C21H18Cl2N4O4. The molecule has 31 heavy (non-hydrogen) atoms. The zero-order valence-electron chi connectivity index (χ0n) is 16.6. The van der Waals surface area contributed by atoms with Crippen molar-refractivity contribution in [2.24, 2.45) is 0 Å². The van der Waals surface area contributed by atoms with Crippen LogP contribution in [0.5, 0.6) is 11.5 Å². The van der Waals surface area contributed by atoms with Crippen molar-refractivity contribution < 1.29 is 19.1 Å². The lowest BCUT2D eigenvalue weighted by atomic mass is 10.1. The van der Waals surface area contributed by atoms with Crippen molar-refractivity contribution in [2.75, 3.05) is 24.9 Å². The highest BCUT2D eigenvalue weighted by atomic mass is 35.5. The average Bonchev–Trinajstić information content (AvgIpc) is 3.26. The van der Waals surface area contributed by atoms with E-state index in [1.54, 1.807) is 50.7 Å². The summed E-state index contributed by atoms with van der Waals surface area (Å²) in [6.45, 7) is 0. The summed E-state index contributed by atoms with van der Waals surface area (Å²) in [7, 11) is 3.11. The lowest BCUT2D eigenvalue weighted by Gasteiger charge is -2.10. The van der Waals surface area contributed by atoms with Crippen molar-refractivity contribution in [3.05, 3.63) is 52.6 Å². The van der Waals surface area contributed by atoms with Gasteiger partial charge in [0.1, 0.15) is 11.9 Å². The van der Waals surface area contributed by atoms with E-state index in [1.165, 1.54) is 4.68 Å². The number of amides is 2. The van der Waals surface area contributed by atoms with Crippen LogP contribution < -0.4 is 20.1 Å². The fourth-order valence-electron chi connectivity index (χ4n) is 3.44. The number of anilines is 2. The molecular weight excluding hydrogens is 443 g/mol. The van der Waals surface area contributed by atoms with Crippen LogP contribution in [0.4, 0.5) is 11.5 Å². The number of benzene rings is 2.